The van der Waals surface area contributed by atoms with Crippen LogP contribution in [0.15, 0.2) is 0 Å². The maximum atomic E-state index is 11.5. The zero-order chi connectivity index (χ0) is 12.5. The Kier molecular flexibility index (Phi) is 3.58. The minimum atomic E-state index is -0.414. The van der Waals surface area contributed by atoms with Gasteiger partial charge in [-0.15, -0.1) is 0 Å². The molecule has 0 aromatic heterocycles. The second kappa shape index (κ2) is 4.82. The van der Waals surface area contributed by atoms with Crippen molar-refractivity contribution in [3.63, 3.8) is 0 Å². The van der Waals surface area contributed by atoms with Gasteiger partial charge in [0, 0.05) is 25.7 Å². The van der Waals surface area contributed by atoms with Crippen molar-refractivity contribution in [1.29, 1.82) is 0 Å². The van der Waals surface area contributed by atoms with Crippen LogP contribution in [-0.4, -0.2) is 54.9 Å². The number of rotatable bonds is 2. The Hall–Kier alpha value is -0.810. The Morgan fingerprint density at radius 1 is 1.41 bits per heavy atom. The van der Waals surface area contributed by atoms with Gasteiger partial charge in [-0.3, -0.25) is 4.90 Å². The van der Waals surface area contributed by atoms with Crippen LogP contribution in [0.3, 0.4) is 0 Å². The van der Waals surface area contributed by atoms with E-state index in [0.29, 0.717) is 6.04 Å². The molecule has 2 aliphatic rings. The van der Waals surface area contributed by atoms with Gasteiger partial charge in [0.25, 0.3) is 0 Å². The first kappa shape index (κ1) is 12.6. The minimum Gasteiger partial charge on any atom is -0.444 e. The SMILES string of the molecule is CC(C)(C)OC(=O)NC1CN([C@H]2CCNC2)C1. The number of likely N-dealkylation sites (tertiary alicyclic amines) is 1. The van der Waals surface area contributed by atoms with Crippen molar-refractivity contribution in [3.05, 3.63) is 0 Å². The summed E-state index contributed by atoms with van der Waals surface area (Å²) in [5.74, 6) is 0. The highest BCUT2D eigenvalue weighted by atomic mass is 16.6. The van der Waals surface area contributed by atoms with E-state index >= 15 is 0 Å². The number of nitrogens with one attached hydrogen (secondary N) is 2. The first-order valence-corrected chi connectivity index (χ1v) is 6.38. The van der Waals surface area contributed by atoms with Gasteiger partial charge in [0.15, 0.2) is 0 Å². The third-order valence-electron chi connectivity index (χ3n) is 3.18. The van der Waals surface area contributed by atoms with Gasteiger partial charge in [0.05, 0.1) is 6.04 Å². The van der Waals surface area contributed by atoms with E-state index in [1.165, 1.54) is 6.42 Å². The zero-order valence-electron chi connectivity index (χ0n) is 11.0. The van der Waals surface area contributed by atoms with Gasteiger partial charge in [0.2, 0.25) is 0 Å². The maximum Gasteiger partial charge on any atom is 0.407 e. The predicted octanol–water partition coefficient (Wildman–Crippen LogP) is 0.557. The average molecular weight is 241 g/mol. The zero-order valence-corrected chi connectivity index (χ0v) is 11.0. The molecule has 0 spiro atoms. The number of amides is 1. The summed E-state index contributed by atoms with van der Waals surface area (Å²) in [5, 5.41) is 6.26. The summed E-state index contributed by atoms with van der Waals surface area (Å²) >= 11 is 0. The average Bonchev–Trinajstić information content (AvgIpc) is 2.59. The molecular weight excluding hydrogens is 218 g/mol. The number of hydrogen-bond donors (Lipinski definition) is 2. The van der Waals surface area contributed by atoms with E-state index in [2.05, 4.69) is 15.5 Å². The molecule has 0 aromatic rings. The minimum absolute atomic E-state index is 0.255. The Bertz CT molecular complexity index is 276. The summed E-state index contributed by atoms with van der Waals surface area (Å²) < 4.78 is 5.22. The van der Waals surface area contributed by atoms with Crippen LogP contribution >= 0.6 is 0 Å². The van der Waals surface area contributed by atoms with E-state index in [1.54, 1.807) is 0 Å². The number of carbonyl (C=O) groups excluding carboxylic acids is 1. The Labute approximate surface area is 103 Å². The molecule has 2 rings (SSSR count). The normalized spacial score (nSPS) is 26.6. The van der Waals surface area contributed by atoms with Gasteiger partial charge in [-0.2, -0.15) is 0 Å². The van der Waals surface area contributed by atoms with E-state index in [-0.39, 0.29) is 12.1 Å². The molecule has 1 atom stereocenters. The topological polar surface area (TPSA) is 53.6 Å². The molecule has 5 heteroatoms. The van der Waals surface area contributed by atoms with E-state index in [1.807, 2.05) is 20.8 Å². The van der Waals surface area contributed by atoms with Crippen molar-refractivity contribution in [2.24, 2.45) is 0 Å². The van der Waals surface area contributed by atoms with Gasteiger partial charge in [-0.05, 0) is 33.7 Å². The second-order valence-electron chi connectivity index (χ2n) is 5.94. The highest BCUT2D eigenvalue weighted by Crippen LogP contribution is 2.17. The molecule has 0 bridgehead atoms. The van der Waals surface area contributed by atoms with Gasteiger partial charge >= 0.3 is 6.09 Å². The van der Waals surface area contributed by atoms with Gasteiger partial charge in [-0.25, -0.2) is 4.79 Å². The van der Waals surface area contributed by atoms with Crippen LogP contribution < -0.4 is 10.6 Å². The molecular formula is C12H23N3O2. The third-order valence-corrected chi connectivity index (χ3v) is 3.18. The molecule has 0 saturated carbocycles. The van der Waals surface area contributed by atoms with Crippen LogP contribution in [0.25, 0.3) is 0 Å². The first-order valence-electron chi connectivity index (χ1n) is 6.38. The van der Waals surface area contributed by atoms with Crippen molar-refractivity contribution in [2.45, 2.75) is 44.9 Å². The quantitative estimate of drug-likeness (QED) is 0.741. The van der Waals surface area contributed by atoms with Crippen LogP contribution in [0, 0.1) is 0 Å². The summed E-state index contributed by atoms with van der Waals surface area (Å²) in [6.07, 6.45) is 0.922. The number of hydrogen-bond acceptors (Lipinski definition) is 4. The van der Waals surface area contributed by atoms with Gasteiger partial charge in [-0.1, -0.05) is 0 Å². The van der Waals surface area contributed by atoms with Crippen LogP contribution in [-0.2, 0) is 4.74 Å². The largest absolute Gasteiger partial charge is 0.444 e. The number of nitrogens with zero attached hydrogens (tertiary/aromatic N) is 1. The Balaban J connectivity index is 1.65. The lowest BCUT2D eigenvalue weighted by molar-refractivity contribution is 0.0340. The number of alkyl carbamates (subject to hydrolysis) is 1. The van der Waals surface area contributed by atoms with Gasteiger partial charge < -0.3 is 15.4 Å². The summed E-state index contributed by atoms with van der Waals surface area (Å²) in [7, 11) is 0. The van der Waals surface area contributed by atoms with E-state index in [0.717, 1.165) is 26.2 Å². The van der Waals surface area contributed by atoms with E-state index < -0.39 is 5.60 Å². The van der Waals surface area contributed by atoms with E-state index in [9.17, 15) is 4.79 Å². The molecule has 1 amide bonds. The molecule has 0 unspecified atom stereocenters. The highest BCUT2D eigenvalue weighted by molar-refractivity contribution is 5.68. The molecule has 0 radical (unpaired) electrons. The lowest BCUT2D eigenvalue weighted by Gasteiger charge is -2.43. The van der Waals surface area contributed by atoms with Crippen molar-refractivity contribution in [3.8, 4) is 0 Å². The Morgan fingerprint density at radius 2 is 2.12 bits per heavy atom. The van der Waals surface area contributed by atoms with Gasteiger partial charge in [0.1, 0.15) is 5.60 Å². The van der Waals surface area contributed by atoms with Crippen LogP contribution in [0.4, 0.5) is 4.79 Å². The van der Waals surface area contributed by atoms with Crippen LogP contribution in [0.1, 0.15) is 27.2 Å². The highest BCUT2D eigenvalue weighted by Gasteiger charge is 2.35. The van der Waals surface area contributed by atoms with Crippen molar-refractivity contribution in [1.82, 2.24) is 15.5 Å². The number of ether oxygens (including phenoxy) is 1. The molecule has 0 aromatic carbocycles. The number of carbonyl (C=O) groups is 1. The molecule has 2 heterocycles. The van der Waals surface area contributed by atoms with E-state index in [4.69, 9.17) is 4.74 Å². The van der Waals surface area contributed by atoms with Crippen molar-refractivity contribution in [2.75, 3.05) is 26.2 Å². The lowest BCUT2D eigenvalue weighted by Crippen LogP contribution is -2.62. The predicted molar refractivity (Wildman–Crippen MR) is 66.0 cm³/mol. The second-order valence-corrected chi connectivity index (χ2v) is 5.94. The summed E-state index contributed by atoms with van der Waals surface area (Å²) in [4.78, 5) is 13.9. The third kappa shape index (κ3) is 3.57. The fourth-order valence-corrected chi connectivity index (χ4v) is 2.33. The van der Waals surface area contributed by atoms with Crippen molar-refractivity contribution >= 4 is 6.09 Å². The molecule has 2 aliphatic heterocycles. The Morgan fingerprint density at radius 3 is 2.65 bits per heavy atom. The fourth-order valence-electron chi connectivity index (χ4n) is 2.33. The maximum absolute atomic E-state index is 11.5. The standard InChI is InChI=1S/C12H23N3O2/c1-12(2,3)17-11(16)14-9-7-15(8-9)10-4-5-13-6-10/h9-10,13H,4-8H2,1-3H3,(H,14,16)/t10-/m0/s1. The molecule has 0 aliphatic carbocycles. The molecule has 2 fully saturated rings. The summed E-state index contributed by atoms with van der Waals surface area (Å²) in [6.45, 7) is 9.74. The fraction of sp³-hybridized carbons (Fsp3) is 0.917. The first-order chi connectivity index (χ1) is 7.94. The summed E-state index contributed by atoms with van der Waals surface area (Å²) in [6, 6.07) is 0.914. The molecule has 2 saturated heterocycles. The molecule has 17 heavy (non-hydrogen) atoms. The molecule has 5 nitrogen and oxygen atoms in total. The monoisotopic (exact) mass is 241 g/mol. The van der Waals surface area contributed by atoms with Crippen LogP contribution in [0.2, 0.25) is 0 Å². The van der Waals surface area contributed by atoms with Crippen molar-refractivity contribution < 1.29 is 9.53 Å². The molecule has 2 N–H and O–H groups in total. The smallest absolute Gasteiger partial charge is 0.407 e. The molecule has 98 valence electrons. The lowest BCUT2D eigenvalue weighted by atomic mass is 10.0. The van der Waals surface area contributed by atoms with Crippen LogP contribution in [0.5, 0.6) is 0 Å². The summed E-state index contributed by atoms with van der Waals surface area (Å²) in [5.41, 5.74) is -0.414.